The molecule has 1 fully saturated rings. The number of carbonyl (C=O) groups is 2. The molecular weight excluding hydrogens is 236 g/mol. The lowest BCUT2D eigenvalue weighted by molar-refractivity contribution is -0.119. The molecule has 0 saturated carbocycles. The third-order valence-corrected chi connectivity index (χ3v) is 2.90. The van der Waals surface area contributed by atoms with Crippen LogP contribution in [0, 0.1) is 6.92 Å². The number of anilines is 1. The largest absolute Gasteiger partial charge is 0.477 e. The molecule has 1 saturated heterocycles. The molecule has 0 bridgehead atoms. The predicted molar refractivity (Wildman–Crippen MR) is 63.3 cm³/mol. The van der Waals surface area contributed by atoms with Gasteiger partial charge in [0.1, 0.15) is 6.04 Å². The summed E-state index contributed by atoms with van der Waals surface area (Å²) in [7, 11) is 0. The molecular formula is C11H14N4O3. The van der Waals surface area contributed by atoms with Gasteiger partial charge in [0, 0.05) is 12.2 Å². The van der Waals surface area contributed by atoms with Crippen LogP contribution in [0.3, 0.4) is 0 Å². The van der Waals surface area contributed by atoms with Crippen LogP contribution >= 0.6 is 0 Å². The monoisotopic (exact) mass is 250 g/mol. The summed E-state index contributed by atoms with van der Waals surface area (Å²) in [4.78, 5) is 32.0. The van der Waals surface area contributed by atoms with Crippen molar-refractivity contribution in [3.05, 3.63) is 17.5 Å². The first-order chi connectivity index (χ1) is 8.49. The Bertz CT molecular complexity index is 503. The number of amides is 1. The van der Waals surface area contributed by atoms with E-state index in [0.29, 0.717) is 18.7 Å². The molecule has 18 heavy (non-hydrogen) atoms. The van der Waals surface area contributed by atoms with E-state index in [1.165, 1.54) is 6.07 Å². The third kappa shape index (κ3) is 2.24. The van der Waals surface area contributed by atoms with Crippen molar-refractivity contribution in [3.8, 4) is 0 Å². The van der Waals surface area contributed by atoms with Gasteiger partial charge in [-0.2, -0.15) is 0 Å². The molecule has 1 atom stereocenters. The molecule has 96 valence electrons. The second-order valence-corrected chi connectivity index (χ2v) is 4.25. The molecule has 1 unspecified atom stereocenters. The first-order valence-corrected chi connectivity index (χ1v) is 5.64. The van der Waals surface area contributed by atoms with Crippen LogP contribution in [0.4, 0.5) is 5.95 Å². The zero-order valence-electron chi connectivity index (χ0n) is 9.96. The van der Waals surface area contributed by atoms with Crippen LogP contribution < -0.4 is 10.6 Å². The van der Waals surface area contributed by atoms with Gasteiger partial charge < -0.3 is 15.7 Å². The van der Waals surface area contributed by atoms with E-state index in [1.54, 1.807) is 11.8 Å². The SMILES string of the molecule is Cc1cc(C(=O)O)nc(N2CCCC2C(N)=O)n1. The van der Waals surface area contributed by atoms with Crippen LogP contribution in [0.15, 0.2) is 6.07 Å². The zero-order chi connectivity index (χ0) is 13.3. The van der Waals surface area contributed by atoms with Crippen molar-refractivity contribution < 1.29 is 14.7 Å². The lowest BCUT2D eigenvalue weighted by Gasteiger charge is -2.22. The van der Waals surface area contributed by atoms with E-state index in [9.17, 15) is 9.59 Å². The van der Waals surface area contributed by atoms with Crippen LogP contribution in [0.5, 0.6) is 0 Å². The Morgan fingerprint density at radius 1 is 1.50 bits per heavy atom. The van der Waals surface area contributed by atoms with Gasteiger partial charge in [-0.15, -0.1) is 0 Å². The number of carboxylic acid groups (broad SMARTS) is 1. The summed E-state index contributed by atoms with van der Waals surface area (Å²) in [6.45, 7) is 2.29. The highest BCUT2D eigenvalue weighted by atomic mass is 16.4. The number of aryl methyl sites for hydroxylation is 1. The minimum Gasteiger partial charge on any atom is -0.477 e. The molecule has 0 spiro atoms. The predicted octanol–water partition coefficient (Wildman–Crippen LogP) is -0.0627. The van der Waals surface area contributed by atoms with E-state index in [2.05, 4.69) is 9.97 Å². The van der Waals surface area contributed by atoms with E-state index in [4.69, 9.17) is 10.8 Å². The maximum absolute atomic E-state index is 11.3. The van der Waals surface area contributed by atoms with Crippen LogP contribution in [-0.2, 0) is 4.79 Å². The summed E-state index contributed by atoms with van der Waals surface area (Å²) in [6, 6.07) is 0.940. The fraction of sp³-hybridized carbons (Fsp3) is 0.455. The second kappa shape index (κ2) is 4.59. The molecule has 0 aliphatic carbocycles. The number of aromatic carboxylic acids is 1. The Kier molecular flexibility index (Phi) is 3.14. The zero-order valence-corrected chi connectivity index (χ0v) is 9.96. The average Bonchev–Trinajstić information content (AvgIpc) is 2.76. The van der Waals surface area contributed by atoms with Crippen molar-refractivity contribution in [1.29, 1.82) is 0 Å². The lowest BCUT2D eigenvalue weighted by Crippen LogP contribution is -2.41. The van der Waals surface area contributed by atoms with Crippen molar-refractivity contribution in [2.75, 3.05) is 11.4 Å². The number of carbonyl (C=O) groups excluding carboxylic acids is 1. The highest BCUT2D eigenvalue weighted by Gasteiger charge is 2.31. The van der Waals surface area contributed by atoms with E-state index in [0.717, 1.165) is 6.42 Å². The summed E-state index contributed by atoms with van der Waals surface area (Å²) in [6.07, 6.45) is 1.46. The Hall–Kier alpha value is -2.18. The molecule has 1 aromatic rings. The lowest BCUT2D eigenvalue weighted by atomic mass is 10.2. The number of hydrogen-bond acceptors (Lipinski definition) is 5. The van der Waals surface area contributed by atoms with Crippen molar-refractivity contribution in [2.24, 2.45) is 5.73 Å². The molecule has 1 amide bonds. The molecule has 0 aromatic carbocycles. The summed E-state index contributed by atoms with van der Waals surface area (Å²) in [5, 5.41) is 8.95. The van der Waals surface area contributed by atoms with Gasteiger partial charge >= 0.3 is 5.97 Å². The first kappa shape index (κ1) is 12.3. The van der Waals surface area contributed by atoms with Gasteiger partial charge in [-0.25, -0.2) is 14.8 Å². The van der Waals surface area contributed by atoms with Crippen LogP contribution in [-0.4, -0.2) is 39.5 Å². The van der Waals surface area contributed by atoms with Crippen molar-refractivity contribution in [3.63, 3.8) is 0 Å². The molecule has 7 nitrogen and oxygen atoms in total. The Morgan fingerprint density at radius 2 is 2.22 bits per heavy atom. The van der Waals surface area contributed by atoms with Gasteiger partial charge in [-0.1, -0.05) is 0 Å². The van der Waals surface area contributed by atoms with Gasteiger partial charge in [0.05, 0.1) is 0 Å². The van der Waals surface area contributed by atoms with Crippen LogP contribution in [0.25, 0.3) is 0 Å². The van der Waals surface area contributed by atoms with Gasteiger partial charge in [0.2, 0.25) is 11.9 Å². The van der Waals surface area contributed by atoms with E-state index >= 15 is 0 Å². The van der Waals surface area contributed by atoms with Gasteiger partial charge in [0.25, 0.3) is 0 Å². The number of nitrogens with two attached hydrogens (primary N) is 1. The molecule has 1 aliphatic rings. The van der Waals surface area contributed by atoms with Gasteiger partial charge in [-0.05, 0) is 25.8 Å². The third-order valence-electron chi connectivity index (χ3n) is 2.90. The van der Waals surface area contributed by atoms with E-state index in [-0.39, 0.29) is 11.6 Å². The molecule has 1 aromatic heterocycles. The summed E-state index contributed by atoms with van der Waals surface area (Å²) in [5.74, 6) is -1.29. The van der Waals surface area contributed by atoms with Gasteiger partial charge in [-0.3, -0.25) is 4.79 Å². The minimum absolute atomic E-state index is 0.0763. The highest BCUT2D eigenvalue weighted by molar-refractivity contribution is 5.86. The first-order valence-electron chi connectivity index (χ1n) is 5.64. The molecule has 0 radical (unpaired) electrons. The number of aromatic nitrogens is 2. The summed E-state index contributed by atoms with van der Waals surface area (Å²) >= 11 is 0. The number of carboxylic acids is 1. The van der Waals surface area contributed by atoms with Crippen LogP contribution in [0.1, 0.15) is 29.0 Å². The highest BCUT2D eigenvalue weighted by Crippen LogP contribution is 2.22. The number of hydrogen-bond donors (Lipinski definition) is 2. The Labute approximate surface area is 104 Å². The maximum atomic E-state index is 11.3. The normalized spacial score (nSPS) is 18.9. The van der Waals surface area contributed by atoms with E-state index < -0.39 is 17.9 Å². The standard InChI is InChI=1S/C11H14N4O3/c1-6-5-7(10(17)18)14-11(13-6)15-4-2-3-8(15)9(12)16/h5,8H,2-4H2,1H3,(H2,12,16)(H,17,18). The molecule has 7 heteroatoms. The summed E-state index contributed by atoms with van der Waals surface area (Å²) in [5.41, 5.74) is 5.78. The second-order valence-electron chi connectivity index (χ2n) is 4.25. The van der Waals surface area contributed by atoms with Crippen LogP contribution in [0.2, 0.25) is 0 Å². The average molecular weight is 250 g/mol. The number of nitrogens with zero attached hydrogens (tertiary/aromatic N) is 3. The number of primary amides is 1. The minimum atomic E-state index is -1.11. The summed E-state index contributed by atoms with van der Waals surface area (Å²) < 4.78 is 0. The number of rotatable bonds is 3. The fourth-order valence-corrected chi connectivity index (χ4v) is 2.09. The maximum Gasteiger partial charge on any atom is 0.354 e. The molecule has 2 rings (SSSR count). The Balaban J connectivity index is 2.38. The molecule has 1 aliphatic heterocycles. The van der Waals surface area contributed by atoms with E-state index in [1.807, 2.05) is 0 Å². The quantitative estimate of drug-likeness (QED) is 0.777. The smallest absolute Gasteiger partial charge is 0.354 e. The molecule has 3 N–H and O–H groups in total. The fourth-order valence-electron chi connectivity index (χ4n) is 2.09. The van der Waals surface area contributed by atoms with Gasteiger partial charge in [0.15, 0.2) is 5.69 Å². The topological polar surface area (TPSA) is 109 Å². The van der Waals surface area contributed by atoms with Crippen molar-refractivity contribution in [1.82, 2.24) is 9.97 Å². The molecule has 2 heterocycles. The van der Waals surface area contributed by atoms with Crippen molar-refractivity contribution in [2.45, 2.75) is 25.8 Å². The van der Waals surface area contributed by atoms with Crippen molar-refractivity contribution >= 4 is 17.8 Å². The Morgan fingerprint density at radius 3 is 2.83 bits per heavy atom.